The van der Waals surface area contributed by atoms with Crippen LogP contribution < -0.4 is 10.2 Å². The molecule has 1 heterocycles. The van der Waals surface area contributed by atoms with Gasteiger partial charge in [0, 0.05) is 31.9 Å². The molecule has 0 saturated carbocycles. The second-order valence-corrected chi connectivity index (χ2v) is 5.00. The normalized spacial score (nSPS) is 16.8. The first-order valence-electron chi connectivity index (χ1n) is 6.30. The first-order chi connectivity index (χ1) is 7.75. The average molecular weight is 218 g/mol. The van der Waals surface area contributed by atoms with Crippen molar-refractivity contribution >= 4 is 5.69 Å². The van der Waals surface area contributed by atoms with Crippen molar-refractivity contribution in [3.8, 4) is 0 Å². The van der Waals surface area contributed by atoms with E-state index < -0.39 is 0 Å². The van der Waals surface area contributed by atoms with E-state index in [9.17, 15) is 0 Å². The maximum atomic E-state index is 3.38. The zero-order chi connectivity index (χ0) is 11.4. The molecular formula is C14H22N2. The number of hydrogen-bond donors (Lipinski definition) is 1. The van der Waals surface area contributed by atoms with Crippen molar-refractivity contribution in [2.45, 2.75) is 20.3 Å². The van der Waals surface area contributed by atoms with E-state index in [1.807, 2.05) is 0 Å². The summed E-state index contributed by atoms with van der Waals surface area (Å²) >= 11 is 0. The number of rotatable bonds is 3. The highest BCUT2D eigenvalue weighted by molar-refractivity contribution is 5.48. The lowest BCUT2D eigenvalue weighted by Crippen LogP contribution is -2.43. The van der Waals surface area contributed by atoms with E-state index in [0.29, 0.717) is 0 Å². The van der Waals surface area contributed by atoms with Gasteiger partial charge in [0.15, 0.2) is 0 Å². The van der Waals surface area contributed by atoms with Crippen LogP contribution in [-0.2, 0) is 6.42 Å². The number of benzene rings is 1. The van der Waals surface area contributed by atoms with Crippen LogP contribution in [0.1, 0.15) is 19.4 Å². The van der Waals surface area contributed by atoms with Crippen molar-refractivity contribution in [1.82, 2.24) is 5.32 Å². The quantitative estimate of drug-likeness (QED) is 0.837. The summed E-state index contributed by atoms with van der Waals surface area (Å²) < 4.78 is 0. The Morgan fingerprint density at radius 3 is 2.31 bits per heavy atom. The Balaban J connectivity index is 2.00. The molecule has 0 amide bonds. The summed E-state index contributed by atoms with van der Waals surface area (Å²) in [7, 11) is 0. The minimum Gasteiger partial charge on any atom is -0.369 e. The number of hydrogen-bond acceptors (Lipinski definition) is 2. The molecule has 0 aliphatic carbocycles. The van der Waals surface area contributed by atoms with Gasteiger partial charge in [0.25, 0.3) is 0 Å². The van der Waals surface area contributed by atoms with E-state index in [1.54, 1.807) is 0 Å². The van der Waals surface area contributed by atoms with Gasteiger partial charge >= 0.3 is 0 Å². The molecule has 0 aromatic heterocycles. The zero-order valence-corrected chi connectivity index (χ0v) is 10.4. The molecule has 1 aliphatic heterocycles. The van der Waals surface area contributed by atoms with Crippen LogP contribution in [-0.4, -0.2) is 26.2 Å². The van der Waals surface area contributed by atoms with Crippen molar-refractivity contribution in [2.24, 2.45) is 5.92 Å². The van der Waals surface area contributed by atoms with Gasteiger partial charge in [0.1, 0.15) is 0 Å². The summed E-state index contributed by atoms with van der Waals surface area (Å²) in [4.78, 5) is 2.45. The van der Waals surface area contributed by atoms with E-state index >= 15 is 0 Å². The first kappa shape index (κ1) is 11.5. The van der Waals surface area contributed by atoms with Crippen molar-refractivity contribution < 1.29 is 0 Å². The summed E-state index contributed by atoms with van der Waals surface area (Å²) in [6.45, 7) is 9.00. The zero-order valence-electron chi connectivity index (χ0n) is 10.4. The minimum atomic E-state index is 0.741. The standard InChI is InChI=1S/C14H22N2/c1-12(2)11-13-3-5-14(6-4-13)16-9-7-15-8-10-16/h3-6,12,15H,7-11H2,1-2H3. The molecule has 0 radical (unpaired) electrons. The van der Waals surface area contributed by atoms with Gasteiger partial charge < -0.3 is 10.2 Å². The van der Waals surface area contributed by atoms with Gasteiger partial charge in [-0.05, 0) is 30.0 Å². The van der Waals surface area contributed by atoms with Crippen molar-refractivity contribution in [2.75, 3.05) is 31.1 Å². The summed E-state index contributed by atoms with van der Waals surface area (Å²) in [6, 6.07) is 9.08. The Morgan fingerprint density at radius 2 is 1.75 bits per heavy atom. The number of anilines is 1. The van der Waals surface area contributed by atoms with Crippen LogP contribution in [0.25, 0.3) is 0 Å². The molecule has 2 rings (SSSR count). The van der Waals surface area contributed by atoms with E-state index in [2.05, 4.69) is 48.3 Å². The maximum absolute atomic E-state index is 3.38. The van der Waals surface area contributed by atoms with Gasteiger partial charge in [-0.1, -0.05) is 26.0 Å². The molecule has 1 aromatic rings. The molecule has 1 fully saturated rings. The Labute approximate surface area is 98.7 Å². The molecule has 0 atom stereocenters. The van der Waals surface area contributed by atoms with Gasteiger partial charge in [-0.25, -0.2) is 0 Å². The van der Waals surface area contributed by atoms with Crippen LogP contribution >= 0.6 is 0 Å². The van der Waals surface area contributed by atoms with Crippen LogP contribution in [0.4, 0.5) is 5.69 Å². The predicted octanol–water partition coefficient (Wildman–Crippen LogP) is 2.29. The molecule has 0 unspecified atom stereocenters. The summed E-state index contributed by atoms with van der Waals surface area (Å²) in [5.41, 5.74) is 2.82. The third-order valence-electron chi connectivity index (χ3n) is 3.06. The number of nitrogens with zero attached hydrogens (tertiary/aromatic N) is 1. The monoisotopic (exact) mass is 218 g/mol. The lowest BCUT2D eigenvalue weighted by atomic mass is 10.0. The summed E-state index contributed by atoms with van der Waals surface area (Å²) in [5, 5.41) is 3.38. The average Bonchev–Trinajstić information content (AvgIpc) is 2.30. The fourth-order valence-corrected chi connectivity index (χ4v) is 2.24. The molecule has 1 aliphatic rings. The van der Waals surface area contributed by atoms with Crippen molar-refractivity contribution in [3.05, 3.63) is 29.8 Å². The van der Waals surface area contributed by atoms with Crippen LogP contribution in [0.3, 0.4) is 0 Å². The highest BCUT2D eigenvalue weighted by atomic mass is 15.2. The van der Waals surface area contributed by atoms with Crippen molar-refractivity contribution in [1.29, 1.82) is 0 Å². The van der Waals surface area contributed by atoms with Crippen LogP contribution in [0.2, 0.25) is 0 Å². The van der Waals surface area contributed by atoms with Crippen molar-refractivity contribution in [3.63, 3.8) is 0 Å². The molecule has 1 aromatic carbocycles. The van der Waals surface area contributed by atoms with Gasteiger partial charge in [-0.2, -0.15) is 0 Å². The highest BCUT2D eigenvalue weighted by Crippen LogP contribution is 2.17. The molecule has 0 bridgehead atoms. The van der Waals surface area contributed by atoms with Gasteiger partial charge in [-0.3, -0.25) is 0 Å². The summed E-state index contributed by atoms with van der Waals surface area (Å²) in [6.07, 6.45) is 1.18. The Bertz CT molecular complexity index is 310. The SMILES string of the molecule is CC(C)Cc1ccc(N2CCNCC2)cc1. The minimum absolute atomic E-state index is 0.741. The fourth-order valence-electron chi connectivity index (χ4n) is 2.24. The second-order valence-electron chi connectivity index (χ2n) is 5.00. The van der Waals surface area contributed by atoms with E-state index in [-0.39, 0.29) is 0 Å². The molecule has 2 nitrogen and oxygen atoms in total. The van der Waals surface area contributed by atoms with Crippen LogP contribution in [0, 0.1) is 5.92 Å². The largest absolute Gasteiger partial charge is 0.369 e. The lowest BCUT2D eigenvalue weighted by molar-refractivity contribution is 0.589. The number of nitrogens with one attached hydrogen (secondary N) is 1. The Kier molecular flexibility index (Phi) is 3.83. The molecule has 0 spiro atoms. The van der Waals surface area contributed by atoms with E-state index in [4.69, 9.17) is 0 Å². The molecule has 16 heavy (non-hydrogen) atoms. The Hall–Kier alpha value is -1.02. The molecule has 1 saturated heterocycles. The van der Waals surface area contributed by atoms with Crippen LogP contribution in [0.5, 0.6) is 0 Å². The lowest BCUT2D eigenvalue weighted by Gasteiger charge is -2.29. The summed E-state index contributed by atoms with van der Waals surface area (Å²) in [5.74, 6) is 0.741. The van der Waals surface area contributed by atoms with Crippen LogP contribution in [0.15, 0.2) is 24.3 Å². The molecule has 88 valence electrons. The molecule has 2 heteroatoms. The topological polar surface area (TPSA) is 15.3 Å². The Morgan fingerprint density at radius 1 is 1.12 bits per heavy atom. The van der Waals surface area contributed by atoms with Gasteiger partial charge in [0.05, 0.1) is 0 Å². The fraction of sp³-hybridized carbons (Fsp3) is 0.571. The second kappa shape index (κ2) is 5.35. The third kappa shape index (κ3) is 2.99. The smallest absolute Gasteiger partial charge is 0.0367 e. The first-order valence-corrected chi connectivity index (χ1v) is 6.30. The molecule has 1 N–H and O–H groups in total. The highest BCUT2D eigenvalue weighted by Gasteiger charge is 2.09. The maximum Gasteiger partial charge on any atom is 0.0367 e. The molecular weight excluding hydrogens is 196 g/mol. The predicted molar refractivity (Wildman–Crippen MR) is 70.1 cm³/mol. The van der Waals surface area contributed by atoms with E-state index in [0.717, 1.165) is 32.1 Å². The third-order valence-corrected chi connectivity index (χ3v) is 3.06. The van der Waals surface area contributed by atoms with Gasteiger partial charge in [0.2, 0.25) is 0 Å². The van der Waals surface area contributed by atoms with E-state index in [1.165, 1.54) is 17.7 Å². The van der Waals surface area contributed by atoms with Gasteiger partial charge in [-0.15, -0.1) is 0 Å². The number of piperazine rings is 1.